The van der Waals surface area contributed by atoms with Crippen molar-refractivity contribution in [3.63, 3.8) is 0 Å². The normalized spacial score (nSPS) is 15.0. The van der Waals surface area contributed by atoms with E-state index in [1.54, 1.807) is 19.1 Å². The molecular formula is C12H11F3N2O. The Morgan fingerprint density at radius 1 is 1.50 bits per heavy atom. The first kappa shape index (κ1) is 12.6. The van der Waals surface area contributed by atoms with E-state index < -0.39 is 17.8 Å². The van der Waals surface area contributed by atoms with E-state index in [0.717, 1.165) is 10.7 Å². The Morgan fingerprint density at radius 3 is 2.72 bits per heavy atom. The molecule has 2 rings (SSSR count). The van der Waals surface area contributed by atoms with Crippen molar-refractivity contribution in [3.8, 4) is 0 Å². The molecule has 1 heterocycles. The van der Waals surface area contributed by atoms with Gasteiger partial charge in [0.2, 0.25) is 5.91 Å². The van der Waals surface area contributed by atoms with Crippen LogP contribution < -0.4 is 0 Å². The first-order valence-electron chi connectivity index (χ1n) is 5.50. The molecule has 0 saturated carbocycles. The molecule has 0 aromatic carbocycles. The number of nitrogens with zero attached hydrogens (tertiary/aromatic N) is 2. The molecule has 0 N–H and O–H groups in total. The van der Waals surface area contributed by atoms with E-state index in [1.165, 1.54) is 0 Å². The number of alkyl halides is 3. The molecule has 6 heteroatoms. The van der Waals surface area contributed by atoms with Crippen LogP contribution in [0.1, 0.15) is 35.9 Å². The van der Waals surface area contributed by atoms with Gasteiger partial charge in [0.15, 0.2) is 5.69 Å². The van der Waals surface area contributed by atoms with Crippen LogP contribution in [0.25, 0.3) is 5.57 Å². The second-order valence-corrected chi connectivity index (χ2v) is 3.90. The second kappa shape index (κ2) is 4.44. The fraction of sp³-hybridized carbons (Fsp3) is 0.333. The average molecular weight is 256 g/mol. The lowest BCUT2D eigenvalue weighted by atomic mass is 10.1. The number of allylic oxidation sites excluding steroid dienone is 4. The van der Waals surface area contributed by atoms with Crippen LogP contribution >= 0.6 is 0 Å². The molecule has 1 aliphatic rings. The predicted octanol–water partition coefficient (Wildman–Crippen LogP) is 3.30. The summed E-state index contributed by atoms with van der Waals surface area (Å²) in [5.74, 6) is -0.451. The standard InChI is InChI=1S/C12H11F3N2O/c1-2-11(18)17-9(8-5-3-4-6-8)7-10(16-17)12(13,14)15/h3-5,7H,2,6H2,1H3. The third-order valence-electron chi connectivity index (χ3n) is 2.64. The fourth-order valence-electron chi connectivity index (χ4n) is 1.73. The van der Waals surface area contributed by atoms with Gasteiger partial charge >= 0.3 is 6.18 Å². The van der Waals surface area contributed by atoms with Crippen LogP contribution in [-0.2, 0) is 6.18 Å². The van der Waals surface area contributed by atoms with Gasteiger partial charge in [0.05, 0.1) is 5.69 Å². The summed E-state index contributed by atoms with van der Waals surface area (Å²) in [5.41, 5.74) is -0.147. The lowest BCUT2D eigenvalue weighted by Gasteiger charge is -2.04. The minimum Gasteiger partial charge on any atom is -0.273 e. The van der Waals surface area contributed by atoms with Gasteiger partial charge in [-0.25, -0.2) is 0 Å². The molecule has 0 unspecified atom stereocenters. The molecule has 18 heavy (non-hydrogen) atoms. The molecule has 1 aromatic rings. The van der Waals surface area contributed by atoms with Crippen LogP contribution in [0, 0.1) is 0 Å². The van der Waals surface area contributed by atoms with Crippen LogP contribution in [0.4, 0.5) is 13.2 Å². The third kappa shape index (κ3) is 2.23. The Hall–Kier alpha value is -1.85. The van der Waals surface area contributed by atoms with Gasteiger partial charge in [-0.2, -0.15) is 23.0 Å². The molecule has 0 bridgehead atoms. The number of aromatic nitrogens is 2. The molecule has 0 fully saturated rings. The highest BCUT2D eigenvalue weighted by Gasteiger charge is 2.36. The Balaban J connectivity index is 2.49. The van der Waals surface area contributed by atoms with E-state index in [9.17, 15) is 18.0 Å². The molecule has 96 valence electrons. The van der Waals surface area contributed by atoms with Crippen molar-refractivity contribution in [2.45, 2.75) is 25.9 Å². The smallest absolute Gasteiger partial charge is 0.273 e. The Kier molecular flexibility index (Phi) is 3.11. The summed E-state index contributed by atoms with van der Waals surface area (Å²) in [6.07, 6.45) is 1.33. The van der Waals surface area contributed by atoms with Gasteiger partial charge in [0.25, 0.3) is 0 Å². The van der Waals surface area contributed by atoms with Crippen LogP contribution in [0.15, 0.2) is 24.3 Å². The highest BCUT2D eigenvalue weighted by Crippen LogP contribution is 2.32. The van der Waals surface area contributed by atoms with Crippen LogP contribution in [-0.4, -0.2) is 15.7 Å². The molecule has 0 amide bonds. The summed E-state index contributed by atoms with van der Waals surface area (Å²) >= 11 is 0. The maximum absolute atomic E-state index is 12.6. The average Bonchev–Trinajstić information content (AvgIpc) is 2.94. The number of halogens is 3. The van der Waals surface area contributed by atoms with Crippen molar-refractivity contribution in [1.82, 2.24) is 9.78 Å². The monoisotopic (exact) mass is 256 g/mol. The van der Waals surface area contributed by atoms with E-state index in [-0.39, 0.29) is 12.1 Å². The van der Waals surface area contributed by atoms with Crippen molar-refractivity contribution in [1.29, 1.82) is 0 Å². The van der Waals surface area contributed by atoms with Gasteiger partial charge < -0.3 is 0 Å². The zero-order valence-electron chi connectivity index (χ0n) is 9.66. The first-order chi connectivity index (χ1) is 8.43. The van der Waals surface area contributed by atoms with Crippen molar-refractivity contribution >= 4 is 11.5 Å². The van der Waals surface area contributed by atoms with Gasteiger partial charge in [-0.1, -0.05) is 25.2 Å². The fourth-order valence-corrected chi connectivity index (χ4v) is 1.73. The maximum atomic E-state index is 12.6. The SMILES string of the molecule is CCC(=O)n1nc(C(F)(F)F)cc1C1=CC=CC1. The topological polar surface area (TPSA) is 34.9 Å². The van der Waals surface area contributed by atoms with Gasteiger partial charge in [-0.05, 0) is 18.1 Å². The molecule has 3 nitrogen and oxygen atoms in total. The van der Waals surface area contributed by atoms with Crippen molar-refractivity contribution < 1.29 is 18.0 Å². The predicted molar refractivity (Wildman–Crippen MR) is 59.9 cm³/mol. The zero-order valence-corrected chi connectivity index (χ0v) is 9.66. The molecule has 0 atom stereocenters. The summed E-state index contributed by atoms with van der Waals surface area (Å²) in [6, 6.07) is 0.923. The summed E-state index contributed by atoms with van der Waals surface area (Å²) in [7, 11) is 0. The van der Waals surface area contributed by atoms with Crippen LogP contribution in [0.2, 0.25) is 0 Å². The molecule has 0 aliphatic heterocycles. The van der Waals surface area contributed by atoms with E-state index >= 15 is 0 Å². The van der Waals surface area contributed by atoms with E-state index in [4.69, 9.17) is 0 Å². The summed E-state index contributed by atoms with van der Waals surface area (Å²) in [6.45, 7) is 1.59. The molecule has 0 spiro atoms. The van der Waals surface area contributed by atoms with E-state index in [1.807, 2.05) is 6.08 Å². The van der Waals surface area contributed by atoms with Crippen LogP contribution in [0.5, 0.6) is 0 Å². The summed E-state index contributed by atoms with van der Waals surface area (Å²) < 4.78 is 38.7. The lowest BCUT2D eigenvalue weighted by Crippen LogP contribution is -2.15. The molecule has 1 aliphatic carbocycles. The molecule has 0 saturated heterocycles. The highest BCUT2D eigenvalue weighted by molar-refractivity contribution is 5.83. The number of hydrogen-bond acceptors (Lipinski definition) is 2. The largest absolute Gasteiger partial charge is 0.435 e. The van der Waals surface area contributed by atoms with Gasteiger partial charge in [0.1, 0.15) is 0 Å². The molecule has 1 aromatic heterocycles. The van der Waals surface area contributed by atoms with Gasteiger partial charge in [0, 0.05) is 6.42 Å². The minimum absolute atomic E-state index is 0.104. The Morgan fingerprint density at radius 2 is 2.22 bits per heavy atom. The molecular weight excluding hydrogens is 245 g/mol. The van der Waals surface area contributed by atoms with Gasteiger partial charge in [-0.3, -0.25) is 4.79 Å². The van der Waals surface area contributed by atoms with E-state index in [2.05, 4.69) is 5.10 Å². The number of carbonyl (C=O) groups is 1. The lowest BCUT2D eigenvalue weighted by molar-refractivity contribution is -0.141. The van der Waals surface area contributed by atoms with Crippen LogP contribution in [0.3, 0.4) is 0 Å². The Bertz CT molecular complexity index is 538. The van der Waals surface area contributed by atoms with Gasteiger partial charge in [-0.15, -0.1) is 0 Å². The van der Waals surface area contributed by atoms with Crippen molar-refractivity contribution in [2.75, 3.05) is 0 Å². The maximum Gasteiger partial charge on any atom is 0.435 e. The number of hydrogen-bond donors (Lipinski definition) is 0. The van der Waals surface area contributed by atoms with Crippen molar-refractivity contribution in [2.24, 2.45) is 0 Å². The zero-order chi connectivity index (χ0) is 13.3. The molecule has 0 radical (unpaired) electrons. The minimum atomic E-state index is -4.54. The Labute approximate surface area is 102 Å². The van der Waals surface area contributed by atoms with E-state index in [0.29, 0.717) is 12.0 Å². The summed E-state index contributed by atoms with van der Waals surface area (Å²) in [5, 5.41) is 3.37. The summed E-state index contributed by atoms with van der Waals surface area (Å²) in [4.78, 5) is 11.6. The quantitative estimate of drug-likeness (QED) is 0.813. The highest BCUT2D eigenvalue weighted by atomic mass is 19.4. The third-order valence-corrected chi connectivity index (χ3v) is 2.64. The number of rotatable bonds is 2. The second-order valence-electron chi connectivity index (χ2n) is 3.90. The van der Waals surface area contributed by atoms with Crippen molar-refractivity contribution in [3.05, 3.63) is 35.7 Å². The number of carbonyl (C=O) groups excluding carboxylic acids is 1. The first-order valence-corrected chi connectivity index (χ1v) is 5.50.